The van der Waals surface area contributed by atoms with Crippen LogP contribution in [0.2, 0.25) is 0 Å². The van der Waals surface area contributed by atoms with E-state index in [4.69, 9.17) is 4.84 Å². The summed E-state index contributed by atoms with van der Waals surface area (Å²) in [4.78, 5) is 21.7. The Balaban J connectivity index is 1.92. The van der Waals surface area contributed by atoms with Gasteiger partial charge in [-0.25, -0.2) is 12.8 Å². The minimum atomic E-state index is -3.89. The fourth-order valence-corrected chi connectivity index (χ4v) is 4.25. The molecule has 0 fully saturated rings. The first-order valence-corrected chi connectivity index (χ1v) is 10.7. The van der Waals surface area contributed by atoms with Crippen molar-refractivity contribution in [3.05, 3.63) is 81.9 Å². The highest BCUT2D eigenvalue weighted by Gasteiger charge is 2.21. The lowest BCUT2D eigenvalue weighted by Crippen LogP contribution is -2.26. The number of carbonyl (C=O) groups is 1. The summed E-state index contributed by atoms with van der Waals surface area (Å²) in [7, 11) is -1.40. The van der Waals surface area contributed by atoms with E-state index in [2.05, 4.69) is 4.99 Å². The fraction of sp³-hybridized carbons (Fsp3) is 0.158. The molecule has 0 aliphatic carbocycles. The van der Waals surface area contributed by atoms with Crippen LogP contribution in [0, 0.1) is 5.82 Å². The number of carbonyl (C=O) groups excluding carboxylic acids is 1. The van der Waals surface area contributed by atoms with Gasteiger partial charge in [0.2, 0.25) is 0 Å². The molecule has 0 spiro atoms. The lowest BCUT2D eigenvalue weighted by atomic mass is 10.2. The standard InChI is InChI=1S/C19H18FN3O4S2/c1-22(27-2)29(25,26)16-8-5-7-14(12-16)18(24)21-19-23(10-11-28-19)13-15-6-3-4-9-17(15)20/h3-12H,13H2,1-2H3. The highest BCUT2D eigenvalue weighted by Crippen LogP contribution is 2.16. The van der Waals surface area contributed by atoms with Gasteiger partial charge < -0.3 is 4.57 Å². The van der Waals surface area contributed by atoms with Crippen LogP contribution in [0.5, 0.6) is 0 Å². The smallest absolute Gasteiger partial charge is 0.279 e. The third kappa shape index (κ3) is 4.67. The van der Waals surface area contributed by atoms with Crippen LogP contribution in [-0.4, -0.2) is 37.5 Å². The molecule has 0 atom stereocenters. The molecule has 0 bridgehead atoms. The summed E-state index contributed by atoms with van der Waals surface area (Å²) in [6.45, 7) is 0.218. The number of benzene rings is 2. The number of halogens is 1. The van der Waals surface area contributed by atoms with Gasteiger partial charge in [-0.3, -0.25) is 9.63 Å². The lowest BCUT2D eigenvalue weighted by molar-refractivity contribution is -0.0258. The highest BCUT2D eigenvalue weighted by atomic mass is 32.2. The zero-order chi connectivity index (χ0) is 21.0. The second kappa shape index (κ2) is 8.78. The van der Waals surface area contributed by atoms with E-state index >= 15 is 0 Å². The number of hydrogen-bond acceptors (Lipinski definition) is 5. The number of hydroxylamine groups is 1. The van der Waals surface area contributed by atoms with Gasteiger partial charge in [-0.1, -0.05) is 28.7 Å². The van der Waals surface area contributed by atoms with Crippen LogP contribution in [0.15, 0.2) is 70.0 Å². The van der Waals surface area contributed by atoms with Gasteiger partial charge in [-0.15, -0.1) is 11.3 Å². The van der Waals surface area contributed by atoms with Crippen LogP contribution in [-0.2, 0) is 21.4 Å². The maximum absolute atomic E-state index is 13.9. The molecule has 2 aromatic carbocycles. The van der Waals surface area contributed by atoms with Crippen LogP contribution in [0.3, 0.4) is 0 Å². The predicted molar refractivity (Wildman–Crippen MR) is 106 cm³/mol. The van der Waals surface area contributed by atoms with Crippen molar-refractivity contribution in [1.82, 2.24) is 9.04 Å². The zero-order valence-corrected chi connectivity index (χ0v) is 17.3. The van der Waals surface area contributed by atoms with Crippen molar-refractivity contribution in [3.8, 4) is 0 Å². The Morgan fingerprint density at radius 3 is 2.72 bits per heavy atom. The van der Waals surface area contributed by atoms with E-state index in [1.54, 1.807) is 34.3 Å². The largest absolute Gasteiger partial charge is 0.319 e. The molecule has 3 aromatic rings. The Bertz CT molecular complexity index is 1200. The van der Waals surface area contributed by atoms with Crippen molar-refractivity contribution in [3.63, 3.8) is 0 Å². The number of amides is 1. The Kier molecular flexibility index (Phi) is 6.38. The summed E-state index contributed by atoms with van der Waals surface area (Å²) < 4.78 is 41.0. The van der Waals surface area contributed by atoms with Crippen molar-refractivity contribution < 1.29 is 22.4 Å². The monoisotopic (exact) mass is 435 g/mol. The molecule has 0 unspecified atom stereocenters. The second-order valence-corrected chi connectivity index (χ2v) is 8.76. The molecule has 29 heavy (non-hydrogen) atoms. The number of rotatable bonds is 6. The SMILES string of the molecule is CON(C)S(=O)(=O)c1cccc(C(=O)N=c2sccn2Cc2ccccc2F)c1. The molecule has 0 aliphatic heterocycles. The maximum Gasteiger partial charge on any atom is 0.279 e. The minimum absolute atomic E-state index is 0.0895. The average molecular weight is 436 g/mol. The Hall–Kier alpha value is -2.66. The molecule has 0 aliphatic rings. The molecule has 0 radical (unpaired) electrons. The average Bonchev–Trinajstić information content (AvgIpc) is 3.15. The molecule has 3 rings (SSSR count). The van der Waals surface area contributed by atoms with Crippen LogP contribution >= 0.6 is 11.3 Å². The molecule has 7 nitrogen and oxygen atoms in total. The lowest BCUT2D eigenvalue weighted by Gasteiger charge is -2.14. The molecular weight excluding hydrogens is 417 g/mol. The first-order chi connectivity index (χ1) is 13.8. The first kappa shape index (κ1) is 21.1. The van der Waals surface area contributed by atoms with Crippen molar-refractivity contribution >= 4 is 27.3 Å². The second-order valence-electron chi connectivity index (χ2n) is 5.95. The molecule has 10 heteroatoms. The van der Waals surface area contributed by atoms with Crippen molar-refractivity contribution in [2.24, 2.45) is 4.99 Å². The third-order valence-electron chi connectivity index (χ3n) is 4.13. The molecule has 0 N–H and O–H groups in total. The summed E-state index contributed by atoms with van der Waals surface area (Å²) in [5, 5.41) is 1.74. The molecule has 152 valence electrons. The molecule has 1 amide bonds. The van der Waals surface area contributed by atoms with Crippen LogP contribution in [0.25, 0.3) is 0 Å². The maximum atomic E-state index is 13.9. The molecule has 0 saturated carbocycles. The van der Waals surface area contributed by atoms with Gasteiger partial charge in [0.05, 0.1) is 18.6 Å². The van der Waals surface area contributed by atoms with Gasteiger partial charge in [0, 0.05) is 29.8 Å². The van der Waals surface area contributed by atoms with Crippen molar-refractivity contribution in [2.75, 3.05) is 14.2 Å². The Morgan fingerprint density at radius 1 is 1.24 bits per heavy atom. The number of aromatic nitrogens is 1. The summed E-state index contributed by atoms with van der Waals surface area (Å²) in [5.74, 6) is -0.949. The van der Waals surface area contributed by atoms with E-state index in [0.29, 0.717) is 14.8 Å². The van der Waals surface area contributed by atoms with Gasteiger partial charge >= 0.3 is 0 Å². The quantitative estimate of drug-likeness (QED) is 0.558. The van der Waals surface area contributed by atoms with E-state index in [0.717, 1.165) is 0 Å². The van der Waals surface area contributed by atoms with Gasteiger partial charge in [0.1, 0.15) is 5.82 Å². The van der Waals surface area contributed by atoms with E-state index in [9.17, 15) is 17.6 Å². The molecule has 1 heterocycles. The summed E-state index contributed by atoms with van der Waals surface area (Å²) in [6.07, 6.45) is 1.71. The van der Waals surface area contributed by atoms with Gasteiger partial charge in [0.25, 0.3) is 15.9 Å². The van der Waals surface area contributed by atoms with Crippen LogP contribution in [0.1, 0.15) is 15.9 Å². The van der Waals surface area contributed by atoms with E-state index in [1.807, 2.05) is 0 Å². The fourth-order valence-electron chi connectivity index (χ4n) is 2.50. The predicted octanol–water partition coefficient (Wildman–Crippen LogP) is 2.66. The molecular formula is C19H18FN3O4S2. The third-order valence-corrected chi connectivity index (χ3v) is 6.60. The van der Waals surface area contributed by atoms with Crippen LogP contribution in [0.4, 0.5) is 4.39 Å². The van der Waals surface area contributed by atoms with Crippen LogP contribution < -0.4 is 4.80 Å². The van der Waals surface area contributed by atoms with Gasteiger partial charge in [-0.05, 0) is 24.3 Å². The van der Waals surface area contributed by atoms with Gasteiger partial charge in [-0.2, -0.15) is 4.99 Å². The van der Waals surface area contributed by atoms with Crippen molar-refractivity contribution in [1.29, 1.82) is 0 Å². The van der Waals surface area contributed by atoms with Crippen molar-refractivity contribution in [2.45, 2.75) is 11.4 Å². The molecule has 0 saturated heterocycles. The normalized spacial score (nSPS) is 12.5. The summed E-state index contributed by atoms with van der Waals surface area (Å²) in [5.41, 5.74) is 0.580. The highest BCUT2D eigenvalue weighted by molar-refractivity contribution is 7.89. The summed E-state index contributed by atoms with van der Waals surface area (Å²) >= 11 is 1.22. The topological polar surface area (TPSA) is 81.0 Å². The summed E-state index contributed by atoms with van der Waals surface area (Å²) in [6, 6.07) is 11.9. The number of sulfonamides is 1. The first-order valence-electron chi connectivity index (χ1n) is 8.42. The number of hydrogen-bond donors (Lipinski definition) is 0. The van der Waals surface area contributed by atoms with E-state index in [1.165, 1.54) is 55.8 Å². The Labute approximate surface area is 171 Å². The minimum Gasteiger partial charge on any atom is -0.319 e. The van der Waals surface area contributed by atoms with Gasteiger partial charge in [0.15, 0.2) is 4.80 Å². The van der Waals surface area contributed by atoms with E-state index in [-0.39, 0.29) is 22.8 Å². The number of thiazole rings is 1. The Morgan fingerprint density at radius 2 is 2.00 bits per heavy atom. The molecule has 1 aromatic heterocycles. The van der Waals surface area contributed by atoms with E-state index < -0.39 is 15.9 Å². The number of nitrogens with zero attached hydrogens (tertiary/aromatic N) is 3. The zero-order valence-electron chi connectivity index (χ0n) is 15.6.